The molecule has 0 aliphatic carbocycles. The number of fused-ring (bicyclic) bond motifs is 1. The normalized spacial score (nSPS) is 12.8. The van der Waals surface area contributed by atoms with Crippen LogP contribution in [0.4, 0.5) is 5.69 Å². The van der Waals surface area contributed by atoms with Crippen LogP contribution in [0.3, 0.4) is 0 Å². The van der Waals surface area contributed by atoms with Crippen molar-refractivity contribution in [2.45, 2.75) is 6.92 Å². The first-order valence-electron chi connectivity index (χ1n) is 8.70. The first-order valence-corrected chi connectivity index (χ1v) is 8.70. The number of hydrazone groups is 1. The molecule has 2 amide bonds. The molecule has 0 unspecified atom stereocenters. The quantitative estimate of drug-likeness (QED) is 0.432. The lowest BCUT2D eigenvalue weighted by atomic mass is 10.1. The van der Waals surface area contributed by atoms with E-state index < -0.39 is 16.7 Å². The zero-order chi connectivity index (χ0) is 20.8. The van der Waals surface area contributed by atoms with Gasteiger partial charge in [0.25, 0.3) is 17.5 Å². The van der Waals surface area contributed by atoms with Crippen LogP contribution in [0.5, 0.6) is 11.5 Å². The van der Waals surface area contributed by atoms with Gasteiger partial charge in [0.1, 0.15) is 13.2 Å². The van der Waals surface area contributed by atoms with Crippen molar-refractivity contribution in [1.82, 2.24) is 10.7 Å². The molecule has 0 radical (unpaired) electrons. The lowest BCUT2D eigenvalue weighted by molar-refractivity contribution is -0.384. The number of nitro groups is 1. The number of nitro benzene ring substituents is 1. The number of amides is 2. The number of non-ortho nitro benzene ring substituents is 1. The Morgan fingerprint density at radius 2 is 1.86 bits per heavy atom. The second-order valence-electron chi connectivity index (χ2n) is 6.08. The second-order valence-corrected chi connectivity index (χ2v) is 6.08. The minimum absolute atomic E-state index is 0.0740. The van der Waals surface area contributed by atoms with Gasteiger partial charge in [0.2, 0.25) is 0 Å². The van der Waals surface area contributed by atoms with Crippen LogP contribution < -0.4 is 20.2 Å². The summed E-state index contributed by atoms with van der Waals surface area (Å²) in [5.41, 5.74) is 3.45. The molecule has 1 aliphatic rings. The maximum absolute atomic E-state index is 12.2. The third-order valence-electron chi connectivity index (χ3n) is 4.04. The predicted octanol–water partition coefficient (Wildman–Crippen LogP) is 1.64. The lowest BCUT2D eigenvalue weighted by Crippen LogP contribution is -2.35. The smallest absolute Gasteiger partial charge is 0.270 e. The fourth-order valence-corrected chi connectivity index (χ4v) is 2.54. The molecule has 0 fully saturated rings. The molecule has 0 aromatic heterocycles. The Balaban J connectivity index is 1.54. The van der Waals surface area contributed by atoms with Gasteiger partial charge in [-0.3, -0.25) is 19.7 Å². The van der Waals surface area contributed by atoms with Crippen molar-refractivity contribution in [2.24, 2.45) is 5.10 Å². The van der Waals surface area contributed by atoms with E-state index in [9.17, 15) is 19.7 Å². The monoisotopic (exact) mass is 398 g/mol. The van der Waals surface area contributed by atoms with Crippen LogP contribution in [-0.4, -0.2) is 42.2 Å². The van der Waals surface area contributed by atoms with Crippen LogP contribution in [0.1, 0.15) is 22.8 Å². The molecule has 0 saturated heterocycles. The van der Waals surface area contributed by atoms with Crippen molar-refractivity contribution in [2.75, 3.05) is 19.8 Å². The number of ether oxygens (including phenoxy) is 2. The number of benzene rings is 2. The van der Waals surface area contributed by atoms with Crippen LogP contribution in [-0.2, 0) is 4.79 Å². The first kappa shape index (κ1) is 19.8. The highest BCUT2D eigenvalue weighted by molar-refractivity contribution is 6.00. The van der Waals surface area contributed by atoms with E-state index in [0.717, 1.165) is 0 Å². The Morgan fingerprint density at radius 3 is 2.62 bits per heavy atom. The highest BCUT2D eigenvalue weighted by atomic mass is 16.6. The van der Waals surface area contributed by atoms with Crippen molar-refractivity contribution < 1.29 is 24.0 Å². The third kappa shape index (κ3) is 5.06. The molecule has 2 aromatic carbocycles. The van der Waals surface area contributed by atoms with Crippen LogP contribution in [0.2, 0.25) is 0 Å². The molecular formula is C19H18N4O6. The predicted molar refractivity (Wildman–Crippen MR) is 103 cm³/mol. The summed E-state index contributed by atoms with van der Waals surface area (Å²) in [5, 5.41) is 17.2. The summed E-state index contributed by atoms with van der Waals surface area (Å²) in [6.07, 6.45) is 0. The van der Waals surface area contributed by atoms with Crippen molar-refractivity contribution >= 4 is 23.2 Å². The molecule has 1 aliphatic heterocycles. The van der Waals surface area contributed by atoms with Gasteiger partial charge in [-0.2, -0.15) is 5.10 Å². The molecule has 10 heteroatoms. The van der Waals surface area contributed by atoms with Crippen LogP contribution in [0, 0.1) is 10.1 Å². The maximum Gasteiger partial charge on any atom is 0.270 e. The van der Waals surface area contributed by atoms with E-state index >= 15 is 0 Å². The molecule has 3 rings (SSSR count). The van der Waals surface area contributed by atoms with Gasteiger partial charge in [0.15, 0.2) is 11.5 Å². The van der Waals surface area contributed by atoms with Gasteiger partial charge >= 0.3 is 0 Å². The van der Waals surface area contributed by atoms with E-state index in [0.29, 0.717) is 41.6 Å². The van der Waals surface area contributed by atoms with E-state index in [1.165, 1.54) is 18.2 Å². The molecule has 10 nitrogen and oxygen atoms in total. The zero-order valence-electron chi connectivity index (χ0n) is 15.5. The molecule has 2 N–H and O–H groups in total. The fourth-order valence-electron chi connectivity index (χ4n) is 2.54. The topological polar surface area (TPSA) is 132 Å². The minimum Gasteiger partial charge on any atom is -0.486 e. The number of hydrogen-bond acceptors (Lipinski definition) is 7. The highest BCUT2D eigenvalue weighted by Crippen LogP contribution is 2.30. The van der Waals surface area contributed by atoms with Gasteiger partial charge in [0, 0.05) is 23.3 Å². The van der Waals surface area contributed by atoms with E-state index in [1.54, 1.807) is 31.2 Å². The number of rotatable bonds is 6. The fraction of sp³-hybridized carbons (Fsp3) is 0.211. The number of hydrogen-bond donors (Lipinski definition) is 2. The minimum atomic E-state index is -0.541. The van der Waals surface area contributed by atoms with Gasteiger partial charge < -0.3 is 14.8 Å². The molecule has 2 aromatic rings. The Bertz CT molecular complexity index is 988. The number of nitrogens with zero attached hydrogens (tertiary/aromatic N) is 2. The molecule has 0 bridgehead atoms. The summed E-state index contributed by atoms with van der Waals surface area (Å²) in [7, 11) is 0. The Kier molecular flexibility index (Phi) is 6.03. The molecule has 0 saturated carbocycles. The van der Waals surface area contributed by atoms with Crippen molar-refractivity contribution in [3.63, 3.8) is 0 Å². The summed E-state index contributed by atoms with van der Waals surface area (Å²) < 4.78 is 10.8. The van der Waals surface area contributed by atoms with Crippen molar-refractivity contribution in [3.8, 4) is 11.5 Å². The summed E-state index contributed by atoms with van der Waals surface area (Å²) in [5.74, 6) is 0.0548. The van der Waals surface area contributed by atoms with Gasteiger partial charge in [-0.1, -0.05) is 12.1 Å². The maximum atomic E-state index is 12.2. The number of carbonyl (C=O) groups excluding carboxylic acids is 2. The molecule has 0 spiro atoms. The standard InChI is InChI=1S/C19H18N4O6/c1-12(13-3-2-4-15(9-13)23(26)27)21-22-18(24)11-20-19(25)14-5-6-16-17(10-14)29-8-7-28-16/h2-6,9-10H,7-8,11H2,1H3,(H,20,25)(H,22,24)/b21-12+. The largest absolute Gasteiger partial charge is 0.486 e. The Morgan fingerprint density at radius 1 is 1.10 bits per heavy atom. The first-order chi connectivity index (χ1) is 13.9. The Hall–Kier alpha value is -3.95. The van der Waals surface area contributed by atoms with Gasteiger partial charge in [-0.15, -0.1) is 0 Å². The molecule has 0 atom stereocenters. The van der Waals surface area contributed by atoms with Crippen molar-refractivity contribution in [1.29, 1.82) is 0 Å². The summed E-state index contributed by atoms with van der Waals surface area (Å²) >= 11 is 0. The van der Waals surface area contributed by atoms with Gasteiger partial charge in [0.05, 0.1) is 17.2 Å². The average molecular weight is 398 g/mol. The average Bonchev–Trinajstić information content (AvgIpc) is 2.75. The van der Waals surface area contributed by atoms with Gasteiger partial charge in [-0.05, 0) is 25.1 Å². The van der Waals surface area contributed by atoms with Crippen LogP contribution in [0.15, 0.2) is 47.6 Å². The van der Waals surface area contributed by atoms with E-state index in [1.807, 2.05) is 0 Å². The van der Waals surface area contributed by atoms with Crippen LogP contribution in [0.25, 0.3) is 0 Å². The van der Waals surface area contributed by atoms with E-state index in [2.05, 4.69) is 15.8 Å². The van der Waals surface area contributed by atoms with Crippen molar-refractivity contribution in [3.05, 3.63) is 63.7 Å². The number of nitrogens with one attached hydrogen (secondary N) is 2. The van der Waals surface area contributed by atoms with E-state index in [-0.39, 0.29) is 12.2 Å². The molecular weight excluding hydrogens is 380 g/mol. The summed E-state index contributed by atoms with van der Waals surface area (Å²) in [4.78, 5) is 34.5. The second kappa shape index (κ2) is 8.83. The van der Waals surface area contributed by atoms with E-state index in [4.69, 9.17) is 9.47 Å². The molecule has 150 valence electrons. The summed E-state index contributed by atoms with van der Waals surface area (Å²) in [6.45, 7) is 2.17. The lowest BCUT2D eigenvalue weighted by Gasteiger charge is -2.18. The van der Waals surface area contributed by atoms with Crippen LogP contribution >= 0.6 is 0 Å². The SMILES string of the molecule is C/C(=N\NC(=O)CNC(=O)c1ccc2c(c1)OCCO2)c1cccc([N+](=O)[O-])c1. The number of carbonyl (C=O) groups is 2. The Labute approximate surface area is 165 Å². The zero-order valence-corrected chi connectivity index (χ0v) is 15.5. The molecule has 29 heavy (non-hydrogen) atoms. The molecule has 1 heterocycles. The van der Waals surface area contributed by atoms with Gasteiger partial charge in [-0.25, -0.2) is 5.43 Å². The summed E-state index contributed by atoms with van der Waals surface area (Å²) in [6, 6.07) is 10.6. The third-order valence-corrected chi connectivity index (χ3v) is 4.04. The highest BCUT2D eigenvalue weighted by Gasteiger charge is 2.15.